The summed E-state index contributed by atoms with van der Waals surface area (Å²) in [7, 11) is -1.72. The number of nitrogens with zero attached hydrogens (tertiary/aromatic N) is 2. The Bertz CT molecular complexity index is 1380. The van der Waals surface area contributed by atoms with Gasteiger partial charge in [0.2, 0.25) is 5.91 Å². The number of nitrogens with one attached hydrogen (secondary N) is 1. The van der Waals surface area contributed by atoms with Crippen molar-refractivity contribution in [3.05, 3.63) is 59.2 Å². The summed E-state index contributed by atoms with van der Waals surface area (Å²) < 4.78 is 28.3. The van der Waals surface area contributed by atoms with Crippen LogP contribution in [0, 0.1) is 0 Å². The molecule has 4 amide bonds. The maximum absolute atomic E-state index is 13.0. The third-order valence-electron chi connectivity index (χ3n) is 6.04. The van der Waals surface area contributed by atoms with Crippen molar-refractivity contribution in [1.29, 1.82) is 0 Å². The van der Waals surface area contributed by atoms with Crippen LogP contribution in [-0.4, -0.2) is 74.1 Å². The Kier molecular flexibility index (Phi) is 6.63. The molecule has 1 atom stereocenters. The number of hydrogen-bond donors (Lipinski definition) is 1. The van der Waals surface area contributed by atoms with Crippen LogP contribution in [0.4, 0.5) is 11.4 Å². The van der Waals surface area contributed by atoms with E-state index in [1.807, 2.05) is 0 Å². The van der Waals surface area contributed by atoms with Crippen LogP contribution in [0.2, 0.25) is 0 Å². The molecule has 0 saturated carbocycles. The predicted molar refractivity (Wildman–Crippen MR) is 128 cm³/mol. The molecule has 2 heterocycles. The molecule has 0 bridgehead atoms. The Morgan fingerprint density at radius 3 is 2.33 bits per heavy atom. The van der Waals surface area contributed by atoms with Crippen LogP contribution in [-0.2, 0) is 24.2 Å². The summed E-state index contributed by atoms with van der Waals surface area (Å²) >= 11 is 0. The van der Waals surface area contributed by atoms with Crippen LogP contribution in [0.3, 0.4) is 0 Å². The molecular weight excluding hydrogens is 490 g/mol. The highest BCUT2D eigenvalue weighted by atomic mass is 32.2. The van der Waals surface area contributed by atoms with Gasteiger partial charge < -0.3 is 15.0 Å². The molecule has 0 aliphatic carbocycles. The molecule has 2 aliphatic heterocycles. The Labute approximate surface area is 206 Å². The normalized spacial score (nSPS) is 18.1. The highest BCUT2D eigenvalue weighted by molar-refractivity contribution is 7.91. The summed E-state index contributed by atoms with van der Waals surface area (Å²) in [4.78, 5) is 64.1. The maximum atomic E-state index is 13.0. The third kappa shape index (κ3) is 4.98. The molecule has 0 spiro atoms. The lowest BCUT2D eigenvalue weighted by molar-refractivity contribution is -0.134. The molecule has 12 heteroatoms. The molecule has 11 nitrogen and oxygen atoms in total. The lowest BCUT2D eigenvalue weighted by Crippen LogP contribution is -2.40. The van der Waals surface area contributed by atoms with Gasteiger partial charge >= 0.3 is 5.97 Å². The molecular formula is C24H23N3O8S. The van der Waals surface area contributed by atoms with E-state index in [0.29, 0.717) is 17.8 Å². The van der Waals surface area contributed by atoms with Gasteiger partial charge in [0.1, 0.15) is 0 Å². The smallest absolute Gasteiger partial charge is 0.338 e. The Hall–Kier alpha value is -4.06. The Morgan fingerprint density at radius 1 is 1.06 bits per heavy atom. The molecule has 2 aromatic carbocycles. The van der Waals surface area contributed by atoms with Crippen LogP contribution >= 0.6 is 0 Å². The molecule has 1 N–H and O–H groups in total. The number of rotatable bonds is 6. The zero-order chi connectivity index (χ0) is 26.2. The number of benzene rings is 2. The molecule has 36 heavy (non-hydrogen) atoms. The number of anilines is 2. The minimum atomic E-state index is -3.18. The highest BCUT2D eigenvalue weighted by Crippen LogP contribution is 2.30. The number of amides is 4. The first-order valence-corrected chi connectivity index (χ1v) is 12.8. The van der Waals surface area contributed by atoms with E-state index in [1.165, 1.54) is 49.2 Å². The molecule has 188 valence electrons. The van der Waals surface area contributed by atoms with E-state index in [9.17, 15) is 32.4 Å². The molecule has 1 saturated heterocycles. The second-order valence-corrected chi connectivity index (χ2v) is 10.8. The third-order valence-corrected chi connectivity index (χ3v) is 7.79. The fourth-order valence-electron chi connectivity index (χ4n) is 4.10. The van der Waals surface area contributed by atoms with Gasteiger partial charge in [-0.05, 0) is 48.9 Å². The first kappa shape index (κ1) is 25.0. The Morgan fingerprint density at radius 2 is 1.72 bits per heavy atom. The Balaban J connectivity index is 1.43. The first-order valence-electron chi connectivity index (χ1n) is 11.0. The van der Waals surface area contributed by atoms with E-state index in [-0.39, 0.29) is 34.1 Å². The van der Waals surface area contributed by atoms with Crippen molar-refractivity contribution in [1.82, 2.24) is 4.90 Å². The van der Waals surface area contributed by atoms with Gasteiger partial charge in [0.15, 0.2) is 16.4 Å². The summed E-state index contributed by atoms with van der Waals surface area (Å²) in [5.41, 5.74) is 0.905. The summed E-state index contributed by atoms with van der Waals surface area (Å²) in [5.74, 6) is -2.99. The average molecular weight is 514 g/mol. The van der Waals surface area contributed by atoms with E-state index in [1.54, 1.807) is 12.1 Å². The number of sulfone groups is 1. The van der Waals surface area contributed by atoms with E-state index in [4.69, 9.17) is 4.74 Å². The number of ether oxygens (including phenoxy) is 1. The number of carbonyl (C=O) groups is 5. The summed E-state index contributed by atoms with van der Waals surface area (Å²) in [6, 6.07) is 9.57. The average Bonchev–Trinajstić information content (AvgIpc) is 3.32. The summed E-state index contributed by atoms with van der Waals surface area (Å²) in [6.07, 6.45) is 0.325. The van der Waals surface area contributed by atoms with Gasteiger partial charge in [0.25, 0.3) is 17.7 Å². The van der Waals surface area contributed by atoms with Crippen LogP contribution in [0.25, 0.3) is 0 Å². The summed E-state index contributed by atoms with van der Waals surface area (Å²) in [5, 5.41) is 2.60. The van der Waals surface area contributed by atoms with E-state index < -0.39 is 46.2 Å². The second-order valence-electron chi connectivity index (χ2n) is 8.57. The van der Waals surface area contributed by atoms with Crippen molar-refractivity contribution in [3.8, 4) is 0 Å². The highest BCUT2D eigenvalue weighted by Gasteiger charge is 2.37. The van der Waals surface area contributed by atoms with E-state index in [0.717, 1.165) is 4.90 Å². The number of esters is 1. The number of likely N-dealkylation sites (N-methyl/N-ethyl adjacent to an activating group) is 1. The van der Waals surface area contributed by atoms with Gasteiger partial charge in [-0.3, -0.25) is 19.2 Å². The lowest BCUT2D eigenvalue weighted by atomic mass is 10.1. The second kappa shape index (κ2) is 9.53. The summed E-state index contributed by atoms with van der Waals surface area (Å²) in [6.45, 7) is 0.764. The monoisotopic (exact) mass is 513 g/mol. The molecule has 2 aliphatic rings. The molecule has 0 unspecified atom stereocenters. The van der Waals surface area contributed by atoms with Gasteiger partial charge in [-0.1, -0.05) is 0 Å². The zero-order valence-electron chi connectivity index (χ0n) is 19.5. The molecule has 0 radical (unpaired) electrons. The van der Waals surface area contributed by atoms with Gasteiger partial charge in [-0.25, -0.2) is 18.1 Å². The van der Waals surface area contributed by atoms with Gasteiger partial charge in [0.05, 0.1) is 33.9 Å². The van der Waals surface area contributed by atoms with Crippen molar-refractivity contribution in [2.75, 3.05) is 35.4 Å². The fourth-order valence-corrected chi connectivity index (χ4v) is 5.87. The van der Waals surface area contributed by atoms with Gasteiger partial charge in [-0.15, -0.1) is 0 Å². The number of imide groups is 1. The van der Waals surface area contributed by atoms with Crippen molar-refractivity contribution in [2.45, 2.75) is 19.4 Å². The molecule has 0 aromatic heterocycles. The van der Waals surface area contributed by atoms with Crippen LogP contribution < -0.4 is 10.2 Å². The SMILES string of the molecule is CC(=O)Nc1ccc(N2C(=O)c3ccc(C(=O)OCC(=O)N(C)[C@H]4CCS(=O)(=O)C4)cc3C2=O)cc1. The number of carbonyl (C=O) groups excluding carboxylic acids is 5. The number of fused-ring (bicyclic) bond motifs is 1. The first-order chi connectivity index (χ1) is 17.0. The lowest BCUT2D eigenvalue weighted by Gasteiger charge is -2.23. The largest absolute Gasteiger partial charge is 0.452 e. The quantitative estimate of drug-likeness (QED) is 0.448. The minimum absolute atomic E-state index is 0.00736. The van der Waals surface area contributed by atoms with Gasteiger partial charge in [-0.2, -0.15) is 0 Å². The standard InChI is InChI=1S/C24H23N3O8S/c1-14(28)25-16-4-6-17(7-5-16)27-22(30)19-8-3-15(11-20(19)23(27)31)24(32)35-12-21(29)26(2)18-9-10-36(33,34)13-18/h3-8,11,18H,9-10,12-13H2,1-2H3,(H,25,28)/t18-/m0/s1. The fraction of sp³-hybridized carbons (Fsp3) is 0.292. The van der Waals surface area contributed by atoms with Crippen LogP contribution in [0.1, 0.15) is 44.4 Å². The van der Waals surface area contributed by atoms with Gasteiger partial charge in [0, 0.05) is 25.7 Å². The van der Waals surface area contributed by atoms with Crippen molar-refractivity contribution >= 4 is 50.8 Å². The number of hydrogen-bond acceptors (Lipinski definition) is 8. The van der Waals surface area contributed by atoms with Crippen LogP contribution in [0.15, 0.2) is 42.5 Å². The van der Waals surface area contributed by atoms with E-state index in [2.05, 4.69) is 5.32 Å². The van der Waals surface area contributed by atoms with Crippen molar-refractivity contribution < 1.29 is 37.1 Å². The molecule has 2 aromatic rings. The minimum Gasteiger partial charge on any atom is -0.452 e. The van der Waals surface area contributed by atoms with Crippen LogP contribution in [0.5, 0.6) is 0 Å². The topological polar surface area (TPSA) is 147 Å². The van der Waals surface area contributed by atoms with E-state index >= 15 is 0 Å². The zero-order valence-corrected chi connectivity index (χ0v) is 20.3. The maximum Gasteiger partial charge on any atom is 0.338 e. The molecule has 4 rings (SSSR count). The van der Waals surface area contributed by atoms with Crippen molar-refractivity contribution in [2.24, 2.45) is 0 Å². The molecule has 1 fully saturated rings. The van der Waals surface area contributed by atoms with Crippen molar-refractivity contribution in [3.63, 3.8) is 0 Å². The predicted octanol–water partition coefficient (Wildman–Crippen LogP) is 1.25.